The van der Waals surface area contributed by atoms with E-state index in [9.17, 15) is 4.79 Å². The minimum atomic E-state index is -0.431. The van der Waals surface area contributed by atoms with Crippen molar-refractivity contribution in [3.63, 3.8) is 0 Å². The third-order valence-corrected chi connectivity index (χ3v) is 2.70. The van der Waals surface area contributed by atoms with Gasteiger partial charge in [0.2, 0.25) is 0 Å². The number of hydrogen-bond donors (Lipinski definition) is 0. The Kier molecular flexibility index (Phi) is 3.51. The van der Waals surface area contributed by atoms with Crippen LogP contribution in [0.1, 0.15) is 12.6 Å². The number of benzene rings is 1. The highest BCUT2D eigenvalue weighted by molar-refractivity contribution is 5.86. The fourth-order valence-electron chi connectivity index (χ4n) is 1.79. The van der Waals surface area contributed by atoms with Gasteiger partial charge in [0.15, 0.2) is 17.2 Å². The lowest BCUT2D eigenvalue weighted by Crippen LogP contribution is -2.03. The van der Waals surface area contributed by atoms with Gasteiger partial charge in [-0.2, -0.15) is 0 Å². The summed E-state index contributed by atoms with van der Waals surface area (Å²) in [5.74, 6) is 1.51. The molecule has 2 heterocycles. The van der Waals surface area contributed by atoms with E-state index in [0.717, 1.165) is 0 Å². The quantitative estimate of drug-likeness (QED) is 0.544. The summed E-state index contributed by atoms with van der Waals surface area (Å²) in [5, 5.41) is 7.89. The lowest BCUT2D eigenvalue weighted by atomic mass is 10.3. The first-order chi connectivity index (χ1) is 10.3. The van der Waals surface area contributed by atoms with Crippen LogP contribution in [-0.2, 0) is 9.53 Å². The van der Waals surface area contributed by atoms with Gasteiger partial charge in [-0.1, -0.05) is 12.1 Å². The number of fused-ring (bicyclic) bond motifs is 2. The van der Waals surface area contributed by atoms with E-state index in [2.05, 4.69) is 10.2 Å². The van der Waals surface area contributed by atoms with E-state index < -0.39 is 5.97 Å². The number of esters is 1. The highest BCUT2D eigenvalue weighted by Gasteiger charge is 2.20. The molecular formula is C15H12N2O4. The third kappa shape index (κ3) is 2.84. The molecule has 6 heteroatoms. The Bertz CT molecular complexity index is 713. The van der Waals surface area contributed by atoms with Gasteiger partial charge in [0, 0.05) is 12.1 Å². The Morgan fingerprint density at radius 3 is 2.71 bits per heavy atom. The van der Waals surface area contributed by atoms with Crippen molar-refractivity contribution in [1.82, 2.24) is 10.2 Å². The third-order valence-electron chi connectivity index (χ3n) is 2.70. The molecule has 2 aromatic rings. The molecule has 1 aromatic carbocycles. The number of carbonyl (C=O) groups is 1. The van der Waals surface area contributed by atoms with Gasteiger partial charge in [0.1, 0.15) is 0 Å². The summed E-state index contributed by atoms with van der Waals surface area (Å²) in [5.41, 5.74) is 0.477. The highest BCUT2D eigenvalue weighted by Crippen LogP contribution is 2.43. The van der Waals surface area contributed by atoms with Crippen LogP contribution < -0.4 is 9.47 Å². The fourth-order valence-corrected chi connectivity index (χ4v) is 1.79. The summed E-state index contributed by atoms with van der Waals surface area (Å²) < 4.78 is 16.1. The number of rotatable bonds is 3. The van der Waals surface area contributed by atoms with Crippen molar-refractivity contribution in [2.45, 2.75) is 6.92 Å². The van der Waals surface area contributed by atoms with E-state index in [4.69, 9.17) is 14.2 Å². The van der Waals surface area contributed by atoms with E-state index in [-0.39, 0.29) is 0 Å². The van der Waals surface area contributed by atoms with Crippen LogP contribution in [-0.4, -0.2) is 22.8 Å². The molecule has 1 aromatic heterocycles. The summed E-state index contributed by atoms with van der Waals surface area (Å²) in [4.78, 5) is 11.3. The van der Waals surface area contributed by atoms with Crippen LogP contribution in [0.4, 0.5) is 0 Å². The van der Waals surface area contributed by atoms with Crippen LogP contribution in [0, 0.1) is 0 Å². The molecule has 0 atom stereocenters. The second-order valence-electron chi connectivity index (χ2n) is 4.17. The van der Waals surface area contributed by atoms with E-state index >= 15 is 0 Å². The number of hydrogen-bond acceptors (Lipinski definition) is 6. The second kappa shape index (κ2) is 5.62. The van der Waals surface area contributed by atoms with E-state index in [0.29, 0.717) is 35.4 Å². The molecule has 0 saturated heterocycles. The van der Waals surface area contributed by atoms with Gasteiger partial charge in [0.05, 0.1) is 12.3 Å². The molecule has 0 unspecified atom stereocenters. The lowest BCUT2D eigenvalue weighted by molar-refractivity contribution is -0.137. The Morgan fingerprint density at radius 2 is 1.95 bits per heavy atom. The van der Waals surface area contributed by atoms with Gasteiger partial charge in [-0.15, -0.1) is 10.2 Å². The van der Waals surface area contributed by atoms with Crippen molar-refractivity contribution in [3.05, 3.63) is 42.1 Å². The average molecular weight is 284 g/mol. The molecule has 6 nitrogen and oxygen atoms in total. The summed E-state index contributed by atoms with van der Waals surface area (Å²) in [6, 6.07) is 8.93. The number of carbonyl (C=O) groups excluding carboxylic acids is 1. The Balaban J connectivity index is 1.82. The topological polar surface area (TPSA) is 70.5 Å². The number of aromatic nitrogens is 2. The predicted molar refractivity (Wildman–Crippen MR) is 74.3 cm³/mol. The molecule has 0 N–H and O–H groups in total. The Hall–Kier alpha value is -2.89. The normalized spacial score (nSPS) is 12.0. The largest absolute Gasteiger partial charge is 0.463 e. The van der Waals surface area contributed by atoms with Crippen molar-refractivity contribution in [2.24, 2.45) is 0 Å². The lowest BCUT2D eigenvalue weighted by Gasteiger charge is -2.18. The van der Waals surface area contributed by atoms with Crippen molar-refractivity contribution in [3.8, 4) is 23.1 Å². The number of para-hydroxylation sites is 2. The van der Waals surface area contributed by atoms with Crippen LogP contribution in [0.25, 0.3) is 6.08 Å². The monoisotopic (exact) mass is 284 g/mol. The van der Waals surface area contributed by atoms with Gasteiger partial charge in [0.25, 0.3) is 5.88 Å². The molecule has 0 aliphatic carbocycles. The molecule has 3 rings (SSSR count). The van der Waals surface area contributed by atoms with Crippen LogP contribution >= 0.6 is 0 Å². The minimum Gasteiger partial charge on any atom is -0.463 e. The average Bonchev–Trinajstić information content (AvgIpc) is 2.51. The summed E-state index contributed by atoms with van der Waals surface area (Å²) >= 11 is 0. The van der Waals surface area contributed by atoms with Gasteiger partial charge in [-0.05, 0) is 25.1 Å². The molecule has 0 bridgehead atoms. The standard InChI is InChI=1S/C15H12N2O4/c1-2-19-14(18)8-7-10-9-13-15(17-16-10)21-12-6-4-3-5-11(12)20-13/h3-9H,2H2,1H3/b8-7+. The zero-order valence-corrected chi connectivity index (χ0v) is 11.3. The molecule has 0 spiro atoms. The van der Waals surface area contributed by atoms with Crippen molar-refractivity contribution in [2.75, 3.05) is 6.61 Å². The van der Waals surface area contributed by atoms with Crippen molar-refractivity contribution in [1.29, 1.82) is 0 Å². The van der Waals surface area contributed by atoms with Crippen LogP contribution in [0.2, 0.25) is 0 Å². The first kappa shape index (κ1) is 13.1. The smallest absolute Gasteiger partial charge is 0.330 e. The summed E-state index contributed by atoms with van der Waals surface area (Å²) in [7, 11) is 0. The maximum absolute atomic E-state index is 11.3. The van der Waals surface area contributed by atoms with E-state index in [1.54, 1.807) is 25.1 Å². The molecule has 0 saturated carbocycles. The van der Waals surface area contributed by atoms with Crippen molar-refractivity contribution >= 4 is 12.0 Å². The first-order valence-corrected chi connectivity index (χ1v) is 6.43. The van der Waals surface area contributed by atoms with Crippen LogP contribution in [0.5, 0.6) is 23.1 Å². The Labute approximate surface area is 121 Å². The summed E-state index contributed by atoms with van der Waals surface area (Å²) in [6.45, 7) is 2.07. The SMILES string of the molecule is CCOC(=O)/C=C/c1cc2c(nn1)Oc1ccccc1O2. The first-order valence-electron chi connectivity index (χ1n) is 6.43. The zero-order valence-electron chi connectivity index (χ0n) is 11.3. The molecule has 106 valence electrons. The molecule has 1 aliphatic rings. The van der Waals surface area contributed by atoms with Crippen LogP contribution in [0.3, 0.4) is 0 Å². The highest BCUT2D eigenvalue weighted by atomic mass is 16.6. The number of ether oxygens (including phenoxy) is 3. The van der Waals surface area contributed by atoms with Gasteiger partial charge in [-0.3, -0.25) is 0 Å². The van der Waals surface area contributed by atoms with E-state index in [1.165, 1.54) is 12.2 Å². The molecule has 0 radical (unpaired) electrons. The maximum atomic E-state index is 11.3. The minimum absolute atomic E-state index is 0.294. The molecule has 0 amide bonds. The summed E-state index contributed by atoms with van der Waals surface area (Å²) in [6.07, 6.45) is 2.80. The van der Waals surface area contributed by atoms with E-state index in [1.807, 2.05) is 12.1 Å². The molecule has 1 aliphatic heterocycles. The molecule has 21 heavy (non-hydrogen) atoms. The molecule has 0 fully saturated rings. The van der Waals surface area contributed by atoms with Crippen molar-refractivity contribution < 1.29 is 19.0 Å². The van der Waals surface area contributed by atoms with Gasteiger partial charge < -0.3 is 14.2 Å². The Morgan fingerprint density at radius 1 is 1.19 bits per heavy atom. The maximum Gasteiger partial charge on any atom is 0.330 e. The van der Waals surface area contributed by atoms with Crippen LogP contribution in [0.15, 0.2) is 36.4 Å². The van der Waals surface area contributed by atoms with Gasteiger partial charge >= 0.3 is 5.97 Å². The molecular weight excluding hydrogens is 272 g/mol. The number of nitrogens with zero attached hydrogens (tertiary/aromatic N) is 2. The zero-order chi connectivity index (χ0) is 14.7. The second-order valence-corrected chi connectivity index (χ2v) is 4.17. The predicted octanol–water partition coefficient (Wildman–Crippen LogP) is 2.95. The fraction of sp³-hybridized carbons (Fsp3) is 0.133. The van der Waals surface area contributed by atoms with Gasteiger partial charge in [-0.25, -0.2) is 4.79 Å².